The van der Waals surface area contributed by atoms with E-state index < -0.39 is 0 Å². The van der Waals surface area contributed by atoms with Gasteiger partial charge in [-0.05, 0) is 38.7 Å². The molecule has 0 saturated heterocycles. The summed E-state index contributed by atoms with van der Waals surface area (Å²) in [6.07, 6.45) is 5.48. The number of hydrogen-bond donors (Lipinski definition) is 2. The SMILES string of the molecule is CC(CCO)NC1CC2(CCC2)Oc2ccccc21. The van der Waals surface area contributed by atoms with Gasteiger partial charge in [0, 0.05) is 30.7 Å². The molecule has 2 aliphatic rings. The van der Waals surface area contributed by atoms with Gasteiger partial charge in [-0.3, -0.25) is 0 Å². The summed E-state index contributed by atoms with van der Waals surface area (Å²) in [4.78, 5) is 0. The Kier molecular flexibility index (Phi) is 3.50. The quantitative estimate of drug-likeness (QED) is 0.875. The van der Waals surface area contributed by atoms with Crippen molar-refractivity contribution in [2.45, 2.75) is 56.7 Å². The lowest BCUT2D eigenvalue weighted by Crippen LogP contribution is -2.50. The van der Waals surface area contributed by atoms with Gasteiger partial charge < -0.3 is 15.2 Å². The molecular formula is C16H23NO2. The molecule has 2 N–H and O–H groups in total. The smallest absolute Gasteiger partial charge is 0.124 e. The van der Waals surface area contributed by atoms with Crippen molar-refractivity contribution in [3.8, 4) is 5.75 Å². The topological polar surface area (TPSA) is 41.5 Å². The fourth-order valence-electron chi connectivity index (χ4n) is 3.26. The Balaban J connectivity index is 1.81. The molecule has 1 spiro atoms. The van der Waals surface area contributed by atoms with Gasteiger partial charge in [-0.2, -0.15) is 0 Å². The fourth-order valence-corrected chi connectivity index (χ4v) is 3.26. The summed E-state index contributed by atoms with van der Waals surface area (Å²) in [7, 11) is 0. The van der Waals surface area contributed by atoms with E-state index in [9.17, 15) is 0 Å². The molecule has 104 valence electrons. The van der Waals surface area contributed by atoms with Crippen LogP contribution in [0.2, 0.25) is 0 Å². The van der Waals surface area contributed by atoms with Crippen LogP contribution in [0.1, 0.15) is 50.6 Å². The van der Waals surface area contributed by atoms with Crippen molar-refractivity contribution in [2.75, 3.05) is 6.61 Å². The van der Waals surface area contributed by atoms with Gasteiger partial charge >= 0.3 is 0 Å². The maximum atomic E-state index is 9.06. The molecule has 1 aromatic rings. The second-order valence-corrected chi connectivity index (χ2v) is 6.01. The average molecular weight is 261 g/mol. The minimum atomic E-state index is 0.0744. The molecule has 0 amide bonds. The Labute approximate surface area is 115 Å². The van der Waals surface area contributed by atoms with Crippen molar-refractivity contribution < 1.29 is 9.84 Å². The summed E-state index contributed by atoms with van der Waals surface area (Å²) < 4.78 is 6.24. The highest BCUT2D eigenvalue weighted by Crippen LogP contribution is 2.48. The van der Waals surface area contributed by atoms with Crippen LogP contribution < -0.4 is 10.1 Å². The van der Waals surface area contributed by atoms with Gasteiger partial charge in [0.25, 0.3) is 0 Å². The molecule has 1 aliphatic carbocycles. The maximum Gasteiger partial charge on any atom is 0.124 e. The summed E-state index contributed by atoms with van der Waals surface area (Å²) in [5.74, 6) is 1.04. The first-order chi connectivity index (χ1) is 9.22. The first kappa shape index (κ1) is 12.9. The lowest BCUT2D eigenvalue weighted by Gasteiger charge is -2.48. The Morgan fingerprint density at radius 2 is 2.21 bits per heavy atom. The van der Waals surface area contributed by atoms with Crippen LogP contribution in [0.15, 0.2) is 24.3 Å². The summed E-state index contributed by atoms with van der Waals surface area (Å²) in [5.41, 5.74) is 1.34. The molecule has 2 unspecified atom stereocenters. The molecule has 3 rings (SSSR count). The Bertz CT molecular complexity index is 442. The van der Waals surface area contributed by atoms with Crippen molar-refractivity contribution in [1.29, 1.82) is 0 Å². The fraction of sp³-hybridized carbons (Fsp3) is 0.625. The predicted octanol–water partition coefficient (Wildman–Crippen LogP) is 2.79. The lowest BCUT2D eigenvalue weighted by atomic mass is 9.73. The molecule has 0 radical (unpaired) electrons. The van der Waals surface area contributed by atoms with Gasteiger partial charge in [-0.25, -0.2) is 0 Å². The molecule has 19 heavy (non-hydrogen) atoms. The molecule has 0 aromatic heterocycles. The number of aliphatic hydroxyl groups is 1. The molecule has 1 aromatic carbocycles. The lowest BCUT2D eigenvalue weighted by molar-refractivity contribution is -0.0380. The van der Waals surface area contributed by atoms with Crippen molar-refractivity contribution in [1.82, 2.24) is 5.32 Å². The molecule has 1 saturated carbocycles. The van der Waals surface area contributed by atoms with E-state index >= 15 is 0 Å². The second-order valence-electron chi connectivity index (χ2n) is 6.01. The van der Waals surface area contributed by atoms with Crippen LogP contribution >= 0.6 is 0 Å². The van der Waals surface area contributed by atoms with E-state index in [-0.39, 0.29) is 12.2 Å². The third kappa shape index (κ3) is 2.49. The Morgan fingerprint density at radius 3 is 2.89 bits per heavy atom. The largest absolute Gasteiger partial charge is 0.487 e. The molecule has 0 bridgehead atoms. The molecule has 1 aliphatic heterocycles. The highest BCUT2D eigenvalue weighted by molar-refractivity contribution is 5.39. The van der Waals surface area contributed by atoms with Gasteiger partial charge in [0.2, 0.25) is 0 Å². The van der Waals surface area contributed by atoms with Crippen LogP contribution in [0.3, 0.4) is 0 Å². The maximum absolute atomic E-state index is 9.06. The van der Waals surface area contributed by atoms with Crippen molar-refractivity contribution >= 4 is 0 Å². The monoisotopic (exact) mass is 261 g/mol. The summed E-state index contributed by atoms with van der Waals surface area (Å²) in [6, 6.07) is 9.05. The van der Waals surface area contributed by atoms with E-state index in [4.69, 9.17) is 9.84 Å². The number of aliphatic hydroxyl groups excluding tert-OH is 1. The zero-order valence-electron chi connectivity index (χ0n) is 11.6. The van der Waals surface area contributed by atoms with Crippen LogP contribution in [0, 0.1) is 0 Å². The zero-order chi connectivity index (χ0) is 13.3. The summed E-state index contributed by atoms with van der Waals surface area (Å²) in [5, 5.41) is 12.7. The van der Waals surface area contributed by atoms with E-state index in [0.717, 1.165) is 18.6 Å². The number of rotatable bonds is 4. The number of benzene rings is 1. The van der Waals surface area contributed by atoms with Gasteiger partial charge in [0.05, 0.1) is 0 Å². The van der Waals surface area contributed by atoms with E-state index in [1.807, 2.05) is 6.07 Å². The normalized spacial score (nSPS) is 25.3. The van der Waals surface area contributed by atoms with Crippen molar-refractivity contribution in [3.05, 3.63) is 29.8 Å². The minimum absolute atomic E-state index is 0.0744. The van der Waals surface area contributed by atoms with E-state index in [1.54, 1.807) is 0 Å². The Morgan fingerprint density at radius 1 is 1.42 bits per heavy atom. The van der Waals surface area contributed by atoms with Crippen LogP contribution in [0.4, 0.5) is 0 Å². The highest BCUT2D eigenvalue weighted by Gasteiger charge is 2.45. The van der Waals surface area contributed by atoms with E-state index in [1.165, 1.54) is 24.8 Å². The molecule has 1 fully saturated rings. The molecule has 3 nitrogen and oxygen atoms in total. The first-order valence-corrected chi connectivity index (χ1v) is 7.37. The van der Waals surface area contributed by atoms with Gasteiger partial charge in [0.15, 0.2) is 0 Å². The zero-order valence-corrected chi connectivity index (χ0v) is 11.6. The number of nitrogens with one attached hydrogen (secondary N) is 1. The van der Waals surface area contributed by atoms with E-state index in [0.29, 0.717) is 12.1 Å². The highest BCUT2D eigenvalue weighted by atomic mass is 16.5. The third-order valence-electron chi connectivity index (χ3n) is 4.51. The average Bonchev–Trinajstić information content (AvgIpc) is 2.37. The molecule has 3 heteroatoms. The van der Waals surface area contributed by atoms with Crippen LogP contribution in [-0.2, 0) is 0 Å². The van der Waals surface area contributed by atoms with Crippen molar-refractivity contribution in [3.63, 3.8) is 0 Å². The van der Waals surface area contributed by atoms with Gasteiger partial charge in [0.1, 0.15) is 11.4 Å². The second kappa shape index (κ2) is 5.14. The summed E-state index contributed by atoms with van der Waals surface area (Å²) in [6.45, 7) is 2.38. The van der Waals surface area contributed by atoms with Gasteiger partial charge in [-0.15, -0.1) is 0 Å². The first-order valence-electron chi connectivity index (χ1n) is 7.37. The van der Waals surface area contributed by atoms with Crippen LogP contribution in [-0.4, -0.2) is 23.4 Å². The number of fused-ring (bicyclic) bond motifs is 1. The number of para-hydroxylation sites is 1. The number of hydrogen-bond acceptors (Lipinski definition) is 3. The van der Waals surface area contributed by atoms with Crippen molar-refractivity contribution in [2.24, 2.45) is 0 Å². The molecule has 2 atom stereocenters. The van der Waals surface area contributed by atoms with E-state index in [2.05, 4.69) is 30.4 Å². The van der Waals surface area contributed by atoms with Crippen LogP contribution in [0.5, 0.6) is 5.75 Å². The standard InChI is InChI=1S/C16H23NO2/c1-12(7-10-18)17-14-11-16(8-4-9-16)19-15-6-3-2-5-13(14)15/h2-3,5-6,12,14,17-18H,4,7-11H2,1H3. The molecular weight excluding hydrogens is 238 g/mol. The van der Waals surface area contributed by atoms with Gasteiger partial charge in [-0.1, -0.05) is 18.2 Å². The third-order valence-corrected chi connectivity index (χ3v) is 4.51. The number of ether oxygens (including phenoxy) is 1. The predicted molar refractivity (Wildman–Crippen MR) is 75.3 cm³/mol. The minimum Gasteiger partial charge on any atom is -0.487 e. The Hall–Kier alpha value is -1.06. The molecule has 1 heterocycles. The van der Waals surface area contributed by atoms with Crippen LogP contribution in [0.25, 0.3) is 0 Å². The summed E-state index contributed by atoms with van der Waals surface area (Å²) >= 11 is 0.